The maximum atomic E-state index is 6.00. The Morgan fingerprint density at radius 3 is 2.86 bits per heavy atom. The molecule has 0 bridgehead atoms. The van der Waals surface area contributed by atoms with Gasteiger partial charge in [0.25, 0.3) is 0 Å². The maximum Gasteiger partial charge on any atom is 0.184 e. The van der Waals surface area contributed by atoms with E-state index in [4.69, 9.17) is 26.8 Å². The van der Waals surface area contributed by atoms with Gasteiger partial charge in [-0.1, -0.05) is 17.7 Å². The Labute approximate surface area is 126 Å². The molecule has 0 spiro atoms. The van der Waals surface area contributed by atoms with Gasteiger partial charge in [-0.15, -0.1) is 10.2 Å². The number of fused-ring (bicyclic) bond motifs is 1. The lowest BCUT2D eigenvalue weighted by Crippen LogP contribution is -2.02. The van der Waals surface area contributed by atoms with Gasteiger partial charge in [0.15, 0.2) is 11.5 Å². The van der Waals surface area contributed by atoms with E-state index in [9.17, 15) is 0 Å². The number of ether oxygens (including phenoxy) is 2. The second-order valence-electron chi connectivity index (χ2n) is 4.39. The number of methoxy groups -OCH3 is 1. The molecule has 0 aliphatic rings. The van der Waals surface area contributed by atoms with Crippen LogP contribution >= 0.6 is 11.6 Å². The predicted octanol–water partition coefficient (Wildman–Crippen LogP) is 2.55. The summed E-state index contributed by atoms with van der Waals surface area (Å²) in [5.74, 6) is 2.02. The van der Waals surface area contributed by atoms with Crippen molar-refractivity contribution in [3.05, 3.63) is 47.4 Å². The molecule has 6 nitrogen and oxygen atoms in total. The lowest BCUT2D eigenvalue weighted by Gasteiger charge is -2.07. The zero-order chi connectivity index (χ0) is 14.8. The average Bonchev–Trinajstić information content (AvgIpc) is 2.88. The van der Waals surface area contributed by atoms with Crippen LogP contribution in [0, 0.1) is 0 Å². The van der Waals surface area contributed by atoms with Crippen LogP contribution in [-0.2, 0) is 6.61 Å². The zero-order valence-electron chi connectivity index (χ0n) is 11.3. The average molecular weight is 305 g/mol. The lowest BCUT2D eigenvalue weighted by atomic mass is 10.3. The van der Waals surface area contributed by atoms with E-state index in [0.29, 0.717) is 27.9 Å². The Kier molecular flexibility index (Phi) is 3.53. The first-order valence-corrected chi connectivity index (χ1v) is 6.60. The van der Waals surface area contributed by atoms with Crippen LogP contribution < -0.4 is 15.2 Å². The van der Waals surface area contributed by atoms with E-state index in [1.165, 1.54) is 0 Å². The van der Waals surface area contributed by atoms with E-state index < -0.39 is 0 Å². The number of halogens is 1. The first-order chi connectivity index (χ1) is 10.2. The van der Waals surface area contributed by atoms with Gasteiger partial charge in [-0.05, 0) is 18.2 Å². The fourth-order valence-corrected chi connectivity index (χ4v) is 2.18. The molecule has 21 heavy (non-hydrogen) atoms. The topological polar surface area (TPSA) is 74.7 Å². The van der Waals surface area contributed by atoms with Crippen molar-refractivity contribution in [2.45, 2.75) is 6.61 Å². The van der Waals surface area contributed by atoms with Crippen molar-refractivity contribution < 1.29 is 9.47 Å². The van der Waals surface area contributed by atoms with Crippen LogP contribution in [0.15, 0.2) is 36.5 Å². The molecule has 0 radical (unpaired) electrons. The third-order valence-corrected chi connectivity index (χ3v) is 3.19. The minimum Gasteiger partial charge on any atom is -0.497 e. The van der Waals surface area contributed by atoms with Crippen LogP contribution in [0.2, 0.25) is 5.02 Å². The molecule has 2 aromatic heterocycles. The molecule has 0 saturated carbocycles. The number of hydrogen-bond donors (Lipinski definition) is 1. The third-order valence-electron chi connectivity index (χ3n) is 2.98. The highest BCUT2D eigenvalue weighted by Gasteiger charge is 2.10. The van der Waals surface area contributed by atoms with Crippen LogP contribution in [0.1, 0.15) is 5.82 Å². The van der Waals surface area contributed by atoms with Gasteiger partial charge in [0.05, 0.1) is 17.8 Å². The number of rotatable bonds is 4. The molecule has 0 aliphatic heterocycles. The Bertz CT molecular complexity index is 788. The second kappa shape index (κ2) is 5.49. The molecule has 0 atom stereocenters. The van der Waals surface area contributed by atoms with Gasteiger partial charge in [-0.25, -0.2) is 0 Å². The van der Waals surface area contributed by atoms with E-state index in [-0.39, 0.29) is 6.61 Å². The minimum atomic E-state index is 0.244. The molecule has 0 saturated heterocycles. The number of nitrogens with two attached hydrogens (primary N) is 1. The molecule has 1 aromatic carbocycles. The van der Waals surface area contributed by atoms with E-state index in [0.717, 1.165) is 5.75 Å². The van der Waals surface area contributed by atoms with Crippen LogP contribution in [0.3, 0.4) is 0 Å². The van der Waals surface area contributed by atoms with Gasteiger partial charge in [0.1, 0.15) is 18.1 Å². The third kappa shape index (κ3) is 2.71. The van der Waals surface area contributed by atoms with Crippen molar-refractivity contribution in [2.75, 3.05) is 12.8 Å². The number of benzene rings is 1. The van der Waals surface area contributed by atoms with E-state index in [1.54, 1.807) is 29.8 Å². The first kappa shape index (κ1) is 13.5. The van der Waals surface area contributed by atoms with E-state index >= 15 is 0 Å². The van der Waals surface area contributed by atoms with Gasteiger partial charge in [0, 0.05) is 12.3 Å². The quantitative estimate of drug-likeness (QED) is 0.801. The SMILES string of the molecule is COc1cccc(OCc2nnc3c(N)cc(Cl)cn23)c1. The van der Waals surface area contributed by atoms with Crippen LogP contribution in [0.4, 0.5) is 5.69 Å². The smallest absolute Gasteiger partial charge is 0.184 e. The lowest BCUT2D eigenvalue weighted by molar-refractivity contribution is 0.292. The van der Waals surface area contributed by atoms with Crippen molar-refractivity contribution in [1.29, 1.82) is 0 Å². The summed E-state index contributed by atoms with van der Waals surface area (Å²) in [6.07, 6.45) is 1.71. The summed E-state index contributed by atoms with van der Waals surface area (Å²) in [6, 6.07) is 8.97. The van der Waals surface area contributed by atoms with Crippen molar-refractivity contribution in [3.63, 3.8) is 0 Å². The molecule has 0 amide bonds. The highest BCUT2D eigenvalue weighted by molar-refractivity contribution is 6.30. The molecule has 0 unspecified atom stereocenters. The Balaban J connectivity index is 1.85. The Morgan fingerprint density at radius 2 is 2.05 bits per heavy atom. The van der Waals surface area contributed by atoms with Crippen molar-refractivity contribution >= 4 is 22.9 Å². The molecular formula is C14H13ClN4O2. The summed E-state index contributed by atoms with van der Waals surface area (Å²) in [5.41, 5.74) is 6.88. The van der Waals surface area contributed by atoms with Crippen molar-refractivity contribution in [3.8, 4) is 11.5 Å². The summed E-state index contributed by atoms with van der Waals surface area (Å²) in [6.45, 7) is 0.244. The number of nitrogen functional groups attached to an aromatic ring is 1. The first-order valence-electron chi connectivity index (χ1n) is 6.23. The molecule has 7 heteroatoms. The monoisotopic (exact) mass is 304 g/mol. The van der Waals surface area contributed by atoms with Crippen molar-refractivity contribution in [2.24, 2.45) is 0 Å². The highest BCUT2D eigenvalue weighted by Crippen LogP contribution is 2.21. The molecule has 2 N–H and O–H groups in total. The summed E-state index contributed by atoms with van der Waals surface area (Å²) in [7, 11) is 1.61. The van der Waals surface area contributed by atoms with Gasteiger partial charge < -0.3 is 15.2 Å². The Hall–Kier alpha value is -2.47. The fourth-order valence-electron chi connectivity index (χ4n) is 1.97. The van der Waals surface area contributed by atoms with Crippen LogP contribution in [0.5, 0.6) is 11.5 Å². The molecule has 3 rings (SSSR count). The van der Waals surface area contributed by atoms with Crippen molar-refractivity contribution in [1.82, 2.24) is 14.6 Å². The predicted molar refractivity (Wildman–Crippen MR) is 79.7 cm³/mol. The molecule has 2 heterocycles. The molecule has 3 aromatic rings. The summed E-state index contributed by atoms with van der Waals surface area (Å²) >= 11 is 6.00. The minimum absolute atomic E-state index is 0.244. The van der Waals surface area contributed by atoms with Crippen LogP contribution in [-0.4, -0.2) is 21.7 Å². The van der Waals surface area contributed by atoms with E-state index in [2.05, 4.69) is 10.2 Å². The second-order valence-corrected chi connectivity index (χ2v) is 4.83. The number of aromatic nitrogens is 3. The Morgan fingerprint density at radius 1 is 1.24 bits per heavy atom. The number of pyridine rings is 1. The largest absolute Gasteiger partial charge is 0.497 e. The van der Waals surface area contributed by atoms with Crippen LogP contribution in [0.25, 0.3) is 5.65 Å². The maximum absolute atomic E-state index is 6.00. The molecule has 108 valence electrons. The summed E-state index contributed by atoms with van der Waals surface area (Å²) in [5, 5.41) is 8.62. The van der Waals surface area contributed by atoms with Gasteiger partial charge in [0.2, 0.25) is 0 Å². The number of hydrogen-bond acceptors (Lipinski definition) is 5. The fraction of sp³-hybridized carbons (Fsp3) is 0.143. The van der Waals surface area contributed by atoms with E-state index in [1.807, 2.05) is 18.2 Å². The summed E-state index contributed by atoms with van der Waals surface area (Å²) in [4.78, 5) is 0. The van der Waals surface area contributed by atoms with Gasteiger partial charge >= 0.3 is 0 Å². The molecule has 0 fully saturated rings. The number of nitrogens with zero attached hydrogens (tertiary/aromatic N) is 3. The highest BCUT2D eigenvalue weighted by atomic mass is 35.5. The molecule has 0 aliphatic carbocycles. The summed E-state index contributed by atoms with van der Waals surface area (Å²) < 4.78 is 12.6. The normalized spacial score (nSPS) is 10.8. The number of anilines is 1. The molecular weight excluding hydrogens is 292 g/mol. The standard InChI is InChI=1S/C14H13ClN4O2/c1-20-10-3-2-4-11(6-10)21-8-13-17-18-14-12(16)5-9(15)7-19(13)14/h2-7H,8,16H2,1H3. The van der Waals surface area contributed by atoms with Gasteiger partial charge in [-0.2, -0.15) is 0 Å². The zero-order valence-corrected chi connectivity index (χ0v) is 12.0. The van der Waals surface area contributed by atoms with Gasteiger partial charge in [-0.3, -0.25) is 4.40 Å².